The smallest absolute Gasteiger partial charge is 0.255 e. The van der Waals surface area contributed by atoms with Crippen molar-refractivity contribution < 1.29 is 9.59 Å². The minimum Gasteiger partial charge on any atom is -0.322 e. The number of hydrogen-bond acceptors (Lipinski definition) is 4. The lowest BCUT2D eigenvalue weighted by atomic mass is 10.0. The maximum atomic E-state index is 12.7. The summed E-state index contributed by atoms with van der Waals surface area (Å²) in [6, 6.07) is 23.8. The summed E-state index contributed by atoms with van der Waals surface area (Å²) < 4.78 is 1.67. The van der Waals surface area contributed by atoms with Gasteiger partial charge in [-0.3, -0.25) is 9.59 Å². The van der Waals surface area contributed by atoms with E-state index >= 15 is 0 Å². The second-order valence-corrected chi connectivity index (χ2v) is 7.96. The zero-order chi connectivity index (χ0) is 24.2. The Morgan fingerprint density at radius 3 is 2.29 bits per heavy atom. The van der Waals surface area contributed by atoms with Crippen molar-refractivity contribution in [2.24, 2.45) is 0 Å². The molecule has 7 nitrogen and oxygen atoms in total. The van der Waals surface area contributed by atoms with Gasteiger partial charge in [-0.15, -0.1) is 0 Å². The van der Waals surface area contributed by atoms with Gasteiger partial charge in [0, 0.05) is 23.7 Å². The van der Waals surface area contributed by atoms with Gasteiger partial charge in [0.15, 0.2) is 0 Å². The maximum absolute atomic E-state index is 12.7. The van der Waals surface area contributed by atoms with E-state index in [1.54, 1.807) is 53.2 Å². The Balaban J connectivity index is 1.66. The molecule has 0 spiro atoms. The van der Waals surface area contributed by atoms with Crippen molar-refractivity contribution in [1.29, 1.82) is 5.26 Å². The number of nitrogens with one attached hydrogen (secondary N) is 2. The number of carbonyl (C=O) groups is 2. The molecule has 2 amide bonds. The predicted molar refractivity (Wildman–Crippen MR) is 132 cm³/mol. The van der Waals surface area contributed by atoms with E-state index < -0.39 is 0 Å². The van der Waals surface area contributed by atoms with E-state index in [2.05, 4.69) is 21.8 Å². The molecule has 168 valence electrons. The average molecular weight is 450 g/mol. The summed E-state index contributed by atoms with van der Waals surface area (Å²) in [4.78, 5) is 24.7. The first-order valence-electron chi connectivity index (χ1n) is 10.7. The van der Waals surface area contributed by atoms with Crippen molar-refractivity contribution in [3.8, 4) is 22.9 Å². The Kier molecular flexibility index (Phi) is 6.24. The molecule has 7 heteroatoms. The third-order valence-electron chi connectivity index (χ3n) is 5.32. The quantitative estimate of drug-likeness (QED) is 0.435. The van der Waals surface area contributed by atoms with Crippen LogP contribution >= 0.6 is 0 Å². The highest BCUT2D eigenvalue weighted by atomic mass is 16.2. The van der Waals surface area contributed by atoms with Crippen molar-refractivity contribution in [2.45, 2.75) is 20.8 Å². The summed E-state index contributed by atoms with van der Waals surface area (Å²) in [6.07, 6.45) is 0. The molecule has 0 aliphatic rings. The Bertz CT molecular complexity index is 1410. The fourth-order valence-electron chi connectivity index (χ4n) is 3.69. The fourth-order valence-corrected chi connectivity index (χ4v) is 3.69. The molecule has 4 rings (SSSR count). The molecular formula is C27H23N5O2. The fraction of sp³-hybridized carbons (Fsp3) is 0.111. The van der Waals surface area contributed by atoms with Crippen LogP contribution in [0.3, 0.4) is 0 Å². The lowest BCUT2D eigenvalue weighted by Crippen LogP contribution is -2.13. The Hall–Kier alpha value is -4.70. The van der Waals surface area contributed by atoms with Gasteiger partial charge in [-0.05, 0) is 61.9 Å². The van der Waals surface area contributed by atoms with E-state index in [4.69, 9.17) is 5.26 Å². The summed E-state index contributed by atoms with van der Waals surface area (Å²) in [7, 11) is 0. The molecule has 34 heavy (non-hydrogen) atoms. The molecule has 0 radical (unpaired) electrons. The zero-order valence-electron chi connectivity index (χ0n) is 19.1. The minimum absolute atomic E-state index is 0.204. The lowest BCUT2D eigenvalue weighted by molar-refractivity contribution is -0.114. The van der Waals surface area contributed by atoms with Gasteiger partial charge in [-0.25, -0.2) is 4.68 Å². The molecule has 0 fully saturated rings. The molecule has 2 N–H and O–H groups in total. The van der Waals surface area contributed by atoms with E-state index in [-0.39, 0.29) is 11.8 Å². The number of nitrogens with zero attached hydrogens (tertiary/aromatic N) is 3. The van der Waals surface area contributed by atoms with Gasteiger partial charge in [0.25, 0.3) is 5.91 Å². The molecular weight excluding hydrogens is 426 g/mol. The maximum Gasteiger partial charge on any atom is 0.255 e. The number of benzene rings is 3. The number of hydrogen-bond donors (Lipinski definition) is 2. The summed E-state index contributed by atoms with van der Waals surface area (Å²) in [5, 5.41) is 19.4. The number of aryl methyl sites for hydroxylation is 2. The number of aromatic nitrogens is 2. The minimum atomic E-state index is -0.291. The molecule has 1 aromatic heterocycles. The molecule has 4 aromatic rings. The molecule has 3 aromatic carbocycles. The first kappa shape index (κ1) is 22.5. The van der Waals surface area contributed by atoms with Gasteiger partial charge in [-0.2, -0.15) is 10.4 Å². The standard InChI is InChI=1S/C27H23N5O2/c1-17-7-9-21(10-8-17)25-18(2)31-32(26(25)29-19(3)33)24-13-11-22(12-14-24)27(34)30-23-6-4-5-20(15-23)16-28/h4-15H,1-3H3,(H,29,33)(H,30,34). The highest BCUT2D eigenvalue weighted by molar-refractivity contribution is 6.04. The summed E-state index contributed by atoms with van der Waals surface area (Å²) in [5.41, 5.74) is 5.88. The Labute approximate surface area is 197 Å². The van der Waals surface area contributed by atoms with Crippen molar-refractivity contribution in [2.75, 3.05) is 10.6 Å². The topological polar surface area (TPSA) is 99.8 Å². The monoisotopic (exact) mass is 449 g/mol. The summed E-state index contributed by atoms with van der Waals surface area (Å²) in [5.74, 6) is 0.0743. The molecule has 0 saturated heterocycles. The van der Waals surface area contributed by atoms with Gasteiger partial charge in [0.2, 0.25) is 5.91 Å². The number of carbonyl (C=O) groups excluding carboxylic acids is 2. The van der Waals surface area contributed by atoms with Crippen LogP contribution in [0, 0.1) is 25.2 Å². The Morgan fingerprint density at radius 1 is 0.941 bits per heavy atom. The number of nitriles is 1. The molecule has 0 atom stereocenters. The highest BCUT2D eigenvalue weighted by Gasteiger charge is 2.19. The van der Waals surface area contributed by atoms with Crippen LogP contribution in [0.2, 0.25) is 0 Å². The normalized spacial score (nSPS) is 10.4. The van der Waals surface area contributed by atoms with Crippen LogP contribution in [0.25, 0.3) is 16.8 Å². The third kappa shape index (κ3) is 4.71. The first-order chi connectivity index (χ1) is 16.4. The summed E-state index contributed by atoms with van der Waals surface area (Å²) in [6.45, 7) is 5.38. The molecule has 0 aliphatic carbocycles. The van der Waals surface area contributed by atoms with E-state index in [0.717, 1.165) is 22.4 Å². The molecule has 0 saturated carbocycles. The van der Waals surface area contributed by atoms with Crippen LogP contribution in [0.1, 0.15) is 34.1 Å². The molecule has 1 heterocycles. The number of rotatable bonds is 5. The van der Waals surface area contributed by atoms with Gasteiger partial charge in [-0.1, -0.05) is 35.9 Å². The SMILES string of the molecule is CC(=O)Nc1c(-c2ccc(C)cc2)c(C)nn1-c1ccc(C(=O)Nc2cccc(C#N)c2)cc1. The van der Waals surface area contributed by atoms with E-state index in [1.807, 2.05) is 38.1 Å². The summed E-state index contributed by atoms with van der Waals surface area (Å²) >= 11 is 0. The van der Waals surface area contributed by atoms with Crippen LogP contribution in [-0.2, 0) is 4.79 Å². The van der Waals surface area contributed by atoms with E-state index in [0.29, 0.717) is 28.3 Å². The van der Waals surface area contributed by atoms with Crippen LogP contribution < -0.4 is 10.6 Å². The van der Waals surface area contributed by atoms with Gasteiger partial charge in [0.05, 0.1) is 23.0 Å². The Morgan fingerprint density at radius 2 is 1.65 bits per heavy atom. The largest absolute Gasteiger partial charge is 0.322 e. The van der Waals surface area contributed by atoms with Gasteiger partial charge >= 0.3 is 0 Å². The van der Waals surface area contributed by atoms with Crippen molar-refractivity contribution in [3.63, 3.8) is 0 Å². The second kappa shape index (κ2) is 9.43. The lowest BCUT2D eigenvalue weighted by Gasteiger charge is -2.11. The van der Waals surface area contributed by atoms with E-state index in [1.165, 1.54) is 6.92 Å². The third-order valence-corrected chi connectivity index (χ3v) is 5.32. The predicted octanol–water partition coefficient (Wildman–Crippen LogP) is 5.24. The van der Waals surface area contributed by atoms with Crippen LogP contribution in [0.15, 0.2) is 72.8 Å². The number of amides is 2. The van der Waals surface area contributed by atoms with Crippen LogP contribution in [0.4, 0.5) is 11.5 Å². The van der Waals surface area contributed by atoms with Crippen LogP contribution in [-0.4, -0.2) is 21.6 Å². The van der Waals surface area contributed by atoms with Crippen molar-refractivity contribution in [3.05, 3.63) is 95.2 Å². The average Bonchev–Trinajstić information content (AvgIpc) is 3.14. The van der Waals surface area contributed by atoms with Gasteiger partial charge < -0.3 is 10.6 Å². The first-order valence-corrected chi connectivity index (χ1v) is 10.7. The molecule has 0 aliphatic heterocycles. The molecule has 0 bridgehead atoms. The van der Waals surface area contributed by atoms with Crippen molar-refractivity contribution >= 4 is 23.3 Å². The van der Waals surface area contributed by atoms with E-state index in [9.17, 15) is 9.59 Å². The molecule has 0 unspecified atom stereocenters. The second-order valence-electron chi connectivity index (χ2n) is 7.96. The highest BCUT2D eigenvalue weighted by Crippen LogP contribution is 2.33. The van der Waals surface area contributed by atoms with Crippen molar-refractivity contribution in [1.82, 2.24) is 9.78 Å². The van der Waals surface area contributed by atoms with Gasteiger partial charge in [0.1, 0.15) is 5.82 Å². The number of anilines is 2. The zero-order valence-corrected chi connectivity index (χ0v) is 19.1. The van der Waals surface area contributed by atoms with Crippen LogP contribution in [0.5, 0.6) is 0 Å².